The highest BCUT2D eigenvalue weighted by molar-refractivity contribution is 6.01. The second-order valence-electron chi connectivity index (χ2n) is 10.1. The number of carbonyl (C=O) groups excluding carboxylic acids is 1. The van der Waals surface area contributed by atoms with E-state index in [9.17, 15) is 4.79 Å². The Kier molecular flexibility index (Phi) is 4.58. The zero-order chi connectivity index (χ0) is 22.7. The average Bonchev–Trinajstić information content (AvgIpc) is 3.24. The molecule has 0 saturated carbocycles. The highest BCUT2D eigenvalue weighted by atomic mass is 16.7. The predicted octanol–water partition coefficient (Wildman–Crippen LogP) is 5.45. The Morgan fingerprint density at radius 3 is 2.61 bits per heavy atom. The molecule has 6 rings (SSSR count). The van der Waals surface area contributed by atoms with Crippen LogP contribution < -0.4 is 14.2 Å². The van der Waals surface area contributed by atoms with E-state index in [1.807, 2.05) is 19.1 Å². The molecule has 5 nitrogen and oxygen atoms in total. The predicted molar refractivity (Wildman–Crippen MR) is 126 cm³/mol. The number of carbonyl (C=O) groups is 1. The molecule has 170 valence electrons. The third-order valence-electron chi connectivity index (χ3n) is 7.18. The van der Waals surface area contributed by atoms with Crippen molar-refractivity contribution in [3.63, 3.8) is 0 Å². The van der Waals surface area contributed by atoms with Gasteiger partial charge in [0.1, 0.15) is 5.75 Å². The van der Waals surface area contributed by atoms with Crippen LogP contribution in [0.25, 0.3) is 5.70 Å². The van der Waals surface area contributed by atoms with E-state index >= 15 is 0 Å². The van der Waals surface area contributed by atoms with Gasteiger partial charge in [0.05, 0.1) is 6.61 Å². The van der Waals surface area contributed by atoms with Gasteiger partial charge in [0.2, 0.25) is 6.79 Å². The maximum Gasteiger partial charge on any atom is 0.231 e. The van der Waals surface area contributed by atoms with E-state index in [1.165, 1.54) is 22.5 Å². The Morgan fingerprint density at radius 2 is 1.85 bits per heavy atom. The van der Waals surface area contributed by atoms with Crippen LogP contribution in [0.15, 0.2) is 53.7 Å². The first kappa shape index (κ1) is 20.4. The zero-order valence-electron chi connectivity index (χ0n) is 19.4. The van der Waals surface area contributed by atoms with Gasteiger partial charge in [-0.3, -0.25) is 4.79 Å². The Labute approximate surface area is 194 Å². The number of nitrogens with zero attached hydrogens (tertiary/aromatic N) is 1. The lowest BCUT2D eigenvalue weighted by Crippen LogP contribution is -2.40. The minimum absolute atomic E-state index is 0.0447. The Morgan fingerprint density at radius 1 is 1.09 bits per heavy atom. The molecule has 0 aromatic heterocycles. The zero-order valence-corrected chi connectivity index (χ0v) is 19.4. The summed E-state index contributed by atoms with van der Waals surface area (Å²) in [6, 6.07) is 12.5. The van der Waals surface area contributed by atoms with E-state index in [1.54, 1.807) is 0 Å². The van der Waals surface area contributed by atoms with Gasteiger partial charge < -0.3 is 19.1 Å². The van der Waals surface area contributed by atoms with Crippen LogP contribution in [0.3, 0.4) is 0 Å². The fourth-order valence-electron chi connectivity index (χ4n) is 5.73. The molecule has 0 N–H and O–H groups in total. The number of allylic oxidation sites excluding steroid dienone is 3. The number of hydrogen-bond acceptors (Lipinski definition) is 5. The Bertz CT molecular complexity index is 1210. The van der Waals surface area contributed by atoms with Gasteiger partial charge in [-0.15, -0.1) is 0 Å². The van der Waals surface area contributed by atoms with Gasteiger partial charge in [0.25, 0.3) is 0 Å². The lowest BCUT2D eigenvalue weighted by Gasteiger charge is -2.46. The smallest absolute Gasteiger partial charge is 0.231 e. The van der Waals surface area contributed by atoms with Crippen LogP contribution in [0.2, 0.25) is 0 Å². The van der Waals surface area contributed by atoms with Gasteiger partial charge in [-0.05, 0) is 66.6 Å². The topological polar surface area (TPSA) is 48.0 Å². The van der Waals surface area contributed by atoms with Crippen LogP contribution >= 0.6 is 0 Å². The van der Waals surface area contributed by atoms with Gasteiger partial charge >= 0.3 is 0 Å². The van der Waals surface area contributed by atoms with Crippen LogP contribution in [0.5, 0.6) is 17.2 Å². The van der Waals surface area contributed by atoms with Crippen molar-refractivity contribution in [3.05, 3.63) is 70.4 Å². The van der Waals surface area contributed by atoms with Gasteiger partial charge in [-0.2, -0.15) is 0 Å². The quantitative estimate of drug-likeness (QED) is 0.631. The lowest BCUT2D eigenvalue weighted by atomic mass is 9.69. The van der Waals surface area contributed by atoms with Crippen LogP contribution in [0, 0.1) is 5.41 Å². The molecule has 0 fully saturated rings. The van der Waals surface area contributed by atoms with Gasteiger partial charge in [0.15, 0.2) is 17.3 Å². The molecule has 3 heterocycles. The monoisotopic (exact) mass is 443 g/mol. The second-order valence-corrected chi connectivity index (χ2v) is 10.1. The number of fused-ring (bicyclic) bond motifs is 5. The maximum absolute atomic E-state index is 13.5. The molecule has 0 bridgehead atoms. The molecule has 0 spiro atoms. The summed E-state index contributed by atoms with van der Waals surface area (Å²) < 4.78 is 17.0. The standard InChI is InChI=1S/C28H29NO4/c1-4-31-19-7-5-17(6-8-19)21-12-22-20-13-26-25(32-16-33-26)11-18(20)9-10-29(22)23-14-28(2,3)15-24(30)27(21)23/h5-8,11-13,21H,4,9-10,14-16H2,1-3H3/t21-/m1/s1. The van der Waals surface area contributed by atoms with E-state index in [4.69, 9.17) is 14.2 Å². The summed E-state index contributed by atoms with van der Waals surface area (Å²) in [5.41, 5.74) is 6.87. The second kappa shape index (κ2) is 7.41. The normalized spacial score (nSPS) is 22.4. The minimum atomic E-state index is -0.0677. The molecule has 1 atom stereocenters. The molecule has 3 aliphatic heterocycles. The summed E-state index contributed by atoms with van der Waals surface area (Å²) in [6.07, 6.45) is 4.69. The molecular formula is C28H29NO4. The van der Waals surface area contributed by atoms with E-state index in [2.05, 4.69) is 49.1 Å². The number of ketones is 1. The van der Waals surface area contributed by atoms with Crippen LogP contribution in [0.4, 0.5) is 0 Å². The van der Waals surface area contributed by atoms with E-state index in [-0.39, 0.29) is 23.9 Å². The highest BCUT2D eigenvalue weighted by Crippen LogP contribution is 2.51. The largest absolute Gasteiger partial charge is 0.494 e. The van der Waals surface area contributed by atoms with Crippen molar-refractivity contribution in [2.75, 3.05) is 19.9 Å². The van der Waals surface area contributed by atoms with Crippen molar-refractivity contribution >= 4 is 11.5 Å². The van der Waals surface area contributed by atoms with E-state index < -0.39 is 0 Å². The number of benzene rings is 2. The molecule has 0 radical (unpaired) electrons. The molecule has 2 aromatic carbocycles. The van der Waals surface area contributed by atoms with Crippen molar-refractivity contribution in [1.29, 1.82) is 0 Å². The van der Waals surface area contributed by atoms with Crippen LogP contribution in [0.1, 0.15) is 56.2 Å². The van der Waals surface area contributed by atoms with Crippen molar-refractivity contribution in [3.8, 4) is 17.2 Å². The van der Waals surface area contributed by atoms with Crippen molar-refractivity contribution in [2.24, 2.45) is 5.41 Å². The molecule has 5 heteroatoms. The maximum atomic E-state index is 13.5. The van der Waals surface area contributed by atoms with Gasteiger partial charge in [-0.25, -0.2) is 0 Å². The van der Waals surface area contributed by atoms with Crippen LogP contribution in [-0.4, -0.2) is 30.6 Å². The third kappa shape index (κ3) is 3.33. The van der Waals surface area contributed by atoms with Gasteiger partial charge in [-0.1, -0.05) is 26.0 Å². The Hall–Kier alpha value is -3.21. The van der Waals surface area contributed by atoms with Crippen molar-refractivity contribution in [2.45, 2.75) is 46.0 Å². The number of ether oxygens (including phenoxy) is 3. The van der Waals surface area contributed by atoms with Crippen molar-refractivity contribution in [1.82, 2.24) is 4.90 Å². The third-order valence-corrected chi connectivity index (χ3v) is 7.18. The summed E-state index contributed by atoms with van der Waals surface area (Å²) >= 11 is 0. The fourth-order valence-corrected chi connectivity index (χ4v) is 5.73. The molecule has 0 amide bonds. The molecule has 2 aromatic rings. The highest BCUT2D eigenvalue weighted by Gasteiger charge is 2.42. The molecule has 0 saturated heterocycles. The molecule has 1 aliphatic carbocycles. The van der Waals surface area contributed by atoms with Crippen LogP contribution in [-0.2, 0) is 11.2 Å². The summed E-state index contributed by atoms with van der Waals surface area (Å²) in [7, 11) is 0. The summed E-state index contributed by atoms with van der Waals surface area (Å²) in [6.45, 7) is 8.17. The average molecular weight is 444 g/mol. The summed E-state index contributed by atoms with van der Waals surface area (Å²) in [5.74, 6) is 2.69. The molecular weight excluding hydrogens is 414 g/mol. The first-order valence-electron chi connectivity index (χ1n) is 11.8. The number of hydrogen-bond donors (Lipinski definition) is 0. The molecule has 0 unspecified atom stereocenters. The Balaban J connectivity index is 1.50. The first-order chi connectivity index (χ1) is 15.9. The summed E-state index contributed by atoms with van der Waals surface area (Å²) in [5, 5.41) is 0. The number of rotatable bonds is 3. The van der Waals surface area contributed by atoms with Crippen molar-refractivity contribution < 1.29 is 19.0 Å². The first-order valence-corrected chi connectivity index (χ1v) is 11.8. The number of Topliss-reactive ketones (excluding diaryl/α,β-unsaturated/α-hetero) is 1. The molecule has 4 aliphatic rings. The van der Waals surface area contributed by atoms with E-state index in [0.29, 0.717) is 13.0 Å². The van der Waals surface area contributed by atoms with E-state index in [0.717, 1.165) is 47.8 Å². The lowest BCUT2D eigenvalue weighted by molar-refractivity contribution is -0.118. The fraction of sp³-hybridized carbons (Fsp3) is 0.393. The minimum Gasteiger partial charge on any atom is -0.494 e. The summed E-state index contributed by atoms with van der Waals surface area (Å²) in [4.78, 5) is 15.9. The van der Waals surface area contributed by atoms with Gasteiger partial charge in [0, 0.05) is 41.4 Å². The molecule has 33 heavy (non-hydrogen) atoms. The SMILES string of the molecule is CCOc1ccc([C@H]2C=C3c4cc5c(cc4CCN3C3=C2C(=O)CC(C)(C)C3)OCO5)cc1.